The van der Waals surface area contributed by atoms with Crippen LogP contribution in [0.2, 0.25) is 0 Å². The topological polar surface area (TPSA) is 70.7 Å². The van der Waals surface area contributed by atoms with Crippen molar-refractivity contribution < 1.29 is 4.79 Å². The van der Waals surface area contributed by atoms with Crippen LogP contribution in [0.15, 0.2) is 18.2 Å². The molecule has 4 rings (SSSR count). The summed E-state index contributed by atoms with van der Waals surface area (Å²) < 4.78 is 0. The predicted molar refractivity (Wildman–Crippen MR) is 77.9 cm³/mol. The van der Waals surface area contributed by atoms with Gasteiger partial charge in [0.05, 0.1) is 23.6 Å². The number of nitrogens with zero attached hydrogens (tertiary/aromatic N) is 2. The molecule has 0 bridgehead atoms. The Morgan fingerprint density at radius 1 is 1.35 bits per heavy atom. The highest BCUT2D eigenvalue weighted by Crippen LogP contribution is 2.44. The van der Waals surface area contributed by atoms with Crippen molar-refractivity contribution in [3.8, 4) is 0 Å². The molecule has 0 spiro atoms. The van der Waals surface area contributed by atoms with Gasteiger partial charge in [-0.05, 0) is 25.1 Å². The lowest BCUT2D eigenvalue weighted by molar-refractivity contribution is -0.115. The molecule has 1 aromatic carbocycles. The maximum atomic E-state index is 12.4. The molecule has 0 aromatic heterocycles. The van der Waals surface area contributed by atoms with Crippen molar-refractivity contribution in [1.29, 1.82) is 0 Å². The molecule has 3 aliphatic rings. The number of carbonyl (C=O) groups is 1. The predicted octanol–water partition coefficient (Wildman–Crippen LogP) is 0.741. The van der Waals surface area contributed by atoms with E-state index >= 15 is 0 Å². The van der Waals surface area contributed by atoms with Crippen molar-refractivity contribution in [2.45, 2.75) is 12.5 Å². The number of amides is 1. The summed E-state index contributed by atoms with van der Waals surface area (Å²) in [6.45, 7) is 2.61. The van der Waals surface area contributed by atoms with Gasteiger partial charge in [0, 0.05) is 25.0 Å². The van der Waals surface area contributed by atoms with E-state index in [9.17, 15) is 10.0 Å². The normalized spacial score (nSPS) is 28.4. The van der Waals surface area contributed by atoms with Crippen molar-refractivity contribution in [3.05, 3.63) is 23.4 Å². The number of nitrogens with one attached hydrogen (secondary N) is 2. The van der Waals surface area contributed by atoms with E-state index in [1.54, 1.807) is 0 Å². The molecule has 2 atom stereocenters. The summed E-state index contributed by atoms with van der Waals surface area (Å²) in [6, 6.07) is 5.82. The molecule has 0 radical (unpaired) electrons. The third-order valence-corrected chi connectivity index (χ3v) is 4.53. The van der Waals surface area contributed by atoms with E-state index in [2.05, 4.69) is 15.5 Å². The first-order chi connectivity index (χ1) is 9.74. The number of piperidine rings is 1. The third kappa shape index (κ3) is 1.68. The monoisotopic (exact) mass is 273 g/mol. The molecule has 1 amide bonds. The fourth-order valence-electron chi connectivity index (χ4n) is 3.66. The molecular weight excluding hydrogens is 256 g/mol. The molecule has 106 valence electrons. The first-order valence-corrected chi connectivity index (χ1v) is 7.09. The van der Waals surface area contributed by atoms with Gasteiger partial charge in [0.1, 0.15) is 0 Å². The summed E-state index contributed by atoms with van der Waals surface area (Å²) in [4.78, 5) is 14.1. The minimum absolute atomic E-state index is 0.00582. The third-order valence-electron chi connectivity index (χ3n) is 4.53. The summed E-state index contributed by atoms with van der Waals surface area (Å²) in [5, 5.41) is 19.7. The zero-order chi connectivity index (χ0) is 13.7. The lowest BCUT2D eigenvalue weighted by Gasteiger charge is -2.41. The van der Waals surface area contributed by atoms with Crippen molar-refractivity contribution >= 4 is 23.0 Å². The van der Waals surface area contributed by atoms with Crippen LogP contribution in [0.1, 0.15) is 6.42 Å². The van der Waals surface area contributed by atoms with Crippen LogP contribution in [0.5, 0.6) is 0 Å². The first-order valence-electron chi connectivity index (χ1n) is 7.09. The van der Waals surface area contributed by atoms with Gasteiger partial charge in [-0.3, -0.25) is 4.79 Å². The van der Waals surface area contributed by atoms with Crippen LogP contribution in [0.4, 0.5) is 17.1 Å². The molecule has 1 saturated heterocycles. The average Bonchev–Trinajstić information content (AvgIpc) is 2.57. The standard InChI is InChI=1S/C14H17N4O2/c19-13-8-17-11-4-5-15-6-9(11)7-18(20)12-3-1-2-10(16-13)14(12)17/h1-3,9,11,15H,4-8H2,(H,16,19)/q-1. The molecule has 2 unspecified atom stereocenters. The van der Waals surface area contributed by atoms with Gasteiger partial charge in [-0.25, -0.2) is 0 Å². The van der Waals surface area contributed by atoms with Crippen LogP contribution < -0.4 is 20.6 Å². The number of anilines is 3. The molecule has 0 saturated carbocycles. The van der Waals surface area contributed by atoms with Gasteiger partial charge < -0.3 is 25.8 Å². The van der Waals surface area contributed by atoms with Crippen LogP contribution in [0.25, 0.3) is 0 Å². The number of hydrogen-bond donors (Lipinski definition) is 2. The van der Waals surface area contributed by atoms with Crippen molar-refractivity contribution in [2.75, 3.05) is 41.5 Å². The van der Waals surface area contributed by atoms with Crippen LogP contribution in [-0.4, -0.2) is 38.1 Å². The second-order valence-electron chi connectivity index (χ2n) is 5.73. The maximum absolute atomic E-state index is 12.4. The number of benzene rings is 1. The number of para-hydroxylation sites is 1. The summed E-state index contributed by atoms with van der Waals surface area (Å²) >= 11 is 0. The molecule has 3 aliphatic heterocycles. The quantitative estimate of drug-likeness (QED) is 0.729. The summed E-state index contributed by atoms with van der Waals surface area (Å²) in [5.41, 5.74) is 2.34. The fourth-order valence-corrected chi connectivity index (χ4v) is 3.66. The highest BCUT2D eigenvalue weighted by molar-refractivity contribution is 6.04. The Bertz CT molecular complexity index is 562. The number of hydroxylamine groups is 1. The Morgan fingerprint density at radius 3 is 3.15 bits per heavy atom. The summed E-state index contributed by atoms with van der Waals surface area (Å²) in [5.74, 6) is 0.263. The highest BCUT2D eigenvalue weighted by atomic mass is 16.5. The van der Waals surface area contributed by atoms with Crippen molar-refractivity contribution in [3.63, 3.8) is 0 Å². The van der Waals surface area contributed by atoms with E-state index < -0.39 is 0 Å². The molecule has 6 nitrogen and oxygen atoms in total. The molecule has 1 fully saturated rings. The van der Waals surface area contributed by atoms with Gasteiger partial charge in [0.25, 0.3) is 0 Å². The van der Waals surface area contributed by atoms with E-state index in [0.717, 1.165) is 35.9 Å². The van der Waals surface area contributed by atoms with E-state index in [-0.39, 0.29) is 17.9 Å². The fraction of sp³-hybridized carbons (Fsp3) is 0.500. The number of rotatable bonds is 0. The van der Waals surface area contributed by atoms with Gasteiger partial charge in [-0.15, -0.1) is 0 Å². The number of carbonyl (C=O) groups excluding carboxylic acids is 1. The van der Waals surface area contributed by atoms with E-state index in [1.165, 1.54) is 0 Å². The van der Waals surface area contributed by atoms with E-state index in [4.69, 9.17) is 0 Å². The lowest BCUT2D eigenvalue weighted by atomic mass is 9.91. The van der Waals surface area contributed by atoms with Gasteiger partial charge in [-0.2, -0.15) is 0 Å². The Balaban J connectivity index is 1.87. The smallest absolute Gasteiger partial charge is 0.243 e. The van der Waals surface area contributed by atoms with Crippen LogP contribution in [0.3, 0.4) is 0 Å². The molecule has 2 N–H and O–H groups in total. The van der Waals surface area contributed by atoms with Crippen LogP contribution in [-0.2, 0) is 4.79 Å². The Kier molecular flexibility index (Phi) is 2.61. The van der Waals surface area contributed by atoms with E-state index in [1.807, 2.05) is 18.2 Å². The van der Waals surface area contributed by atoms with Gasteiger partial charge in [0.15, 0.2) is 0 Å². The van der Waals surface area contributed by atoms with Crippen molar-refractivity contribution in [1.82, 2.24) is 5.32 Å². The first kappa shape index (κ1) is 12.0. The largest absolute Gasteiger partial charge is 0.758 e. The average molecular weight is 273 g/mol. The highest BCUT2D eigenvalue weighted by Gasteiger charge is 2.38. The molecule has 1 aromatic rings. The molecule has 6 heteroatoms. The Hall–Kier alpha value is -1.79. The number of fused-ring (bicyclic) bond motifs is 2. The zero-order valence-electron chi connectivity index (χ0n) is 11.1. The Labute approximate surface area is 117 Å². The minimum Gasteiger partial charge on any atom is -0.758 e. The Morgan fingerprint density at radius 2 is 2.25 bits per heavy atom. The van der Waals surface area contributed by atoms with Gasteiger partial charge in [-0.1, -0.05) is 6.07 Å². The molecular formula is C14H17N4O2-. The second kappa shape index (κ2) is 4.36. The van der Waals surface area contributed by atoms with Crippen molar-refractivity contribution in [2.24, 2.45) is 5.92 Å². The molecule has 3 heterocycles. The summed E-state index contributed by atoms with van der Waals surface area (Å²) in [7, 11) is 0. The molecule has 0 aliphatic carbocycles. The van der Waals surface area contributed by atoms with Crippen LogP contribution in [0, 0.1) is 11.1 Å². The summed E-state index contributed by atoms with van der Waals surface area (Å²) in [6.07, 6.45) is 0.972. The van der Waals surface area contributed by atoms with Gasteiger partial charge in [0.2, 0.25) is 5.91 Å². The lowest BCUT2D eigenvalue weighted by Crippen LogP contribution is -2.54. The number of hydrogen-bond acceptors (Lipinski definition) is 5. The molecule has 20 heavy (non-hydrogen) atoms. The SMILES string of the molecule is O=C1CN2c3c(cccc3N([O-])CC3CNCCC32)N1. The zero-order valence-corrected chi connectivity index (χ0v) is 11.1. The van der Waals surface area contributed by atoms with Crippen LogP contribution >= 0.6 is 0 Å². The maximum Gasteiger partial charge on any atom is 0.243 e. The van der Waals surface area contributed by atoms with E-state index in [0.29, 0.717) is 18.8 Å². The van der Waals surface area contributed by atoms with Gasteiger partial charge >= 0.3 is 0 Å². The minimum atomic E-state index is 0.00582. The second-order valence-corrected chi connectivity index (χ2v) is 5.73.